The van der Waals surface area contributed by atoms with E-state index in [4.69, 9.17) is 0 Å². The van der Waals surface area contributed by atoms with Crippen molar-refractivity contribution in [1.82, 2.24) is 0 Å². The summed E-state index contributed by atoms with van der Waals surface area (Å²) in [5.41, 5.74) is 6.58. The van der Waals surface area contributed by atoms with Gasteiger partial charge in [-0.3, -0.25) is 16.6 Å². The number of hydrogen-bond acceptors (Lipinski definition) is 4. The number of carboxylic acids is 1. The topological polar surface area (TPSA) is 95.0 Å². The third-order valence-corrected chi connectivity index (χ3v) is 10.4. The van der Waals surface area contributed by atoms with E-state index in [9.17, 15) is 24.3 Å². The number of para-hydroxylation sites is 2. The first kappa shape index (κ1) is 69.9. The molecule has 0 aliphatic heterocycles. The summed E-state index contributed by atoms with van der Waals surface area (Å²) in [6.07, 6.45) is 8.32. The molecule has 0 aromatic heterocycles. The maximum Gasteiger partial charge on any atom is 0.328 e. The second-order valence-corrected chi connectivity index (χ2v) is 16.0. The van der Waals surface area contributed by atoms with Gasteiger partial charge in [0, 0.05) is 71.8 Å². The number of amides is 2. The molecule has 0 heterocycles. The number of aryl methyl sites for hydroxylation is 4. The second kappa shape index (κ2) is 36.4. The van der Waals surface area contributed by atoms with E-state index in [1.807, 2.05) is 72.7 Å². The van der Waals surface area contributed by atoms with Crippen LogP contribution in [0.3, 0.4) is 0 Å². The van der Waals surface area contributed by atoms with Crippen molar-refractivity contribution in [1.29, 1.82) is 0 Å². The molecule has 7 nitrogen and oxygen atoms in total. The van der Waals surface area contributed by atoms with Gasteiger partial charge in [0.1, 0.15) is 5.54 Å². The van der Waals surface area contributed by atoms with Gasteiger partial charge in [0.05, 0.1) is 17.4 Å². The van der Waals surface area contributed by atoms with E-state index in [2.05, 4.69) is 62.4 Å². The maximum atomic E-state index is 12.6. The molecule has 1 N–H and O–H groups in total. The van der Waals surface area contributed by atoms with Crippen molar-refractivity contribution in [3.8, 4) is 0 Å². The van der Waals surface area contributed by atoms with Crippen LogP contribution in [-0.2, 0) is 110 Å². The normalized spacial score (nSPS) is 11.0. The zero-order chi connectivity index (χ0) is 48.5. The van der Waals surface area contributed by atoms with Crippen molar-refractivity contribution in [2.45, 2.75) is 160 Å². The van der Waals surface area contributed by atoms with Gasteiger partial charge in [0.25, 0.3) is 0 Å². The quantitative estimate of drug-likeness (QED) is 0.133. The van der Waals surface area contributed by atoms with Crippen LogP contribution in [0.1, 0.15) is 156 Å². The van der Waals surface area contributed by atoms with E-state index in [1.165, 1.54) is 57.3 Å². The molecule has 2 aliphatic rings. The molecule has 0 saturated carbocycles. The molecule has 362 valence electrons. The van der Waals surface area contributed by atoms with Crippen molar-refractivity contribution in [3.05, 3.63) is 156 Å². The first-order valence-corrected chi connectivity index (χ1v) is 22.9. The Morgan fingerprint density at radius 1 is 0.530 bits per heavy atom. The number of carboxylic acid groups (broad SMARTS) is 1. The summed E-state index contributed by atoms with van der Waals surface area (Å²) in [4.78, 5) is 51.5. The molecule has 0 bridgehead atoms. The first-order valence-electron chi connectivity index (χ1n) is 22.9. The fourth-order valence-electron chi connectivity index (χ4n) is 6.92. The second-order valence-electron chi connectivity index (χ2n) is 16.0. The molecule has 0 spiro atoms. The third kappa shape index (κ3) is 20.9. The third-order valence-electron chi connectivity index (χ3n) is 10.4. The number of aliphatic carboxylic acids is 1. The average molecular weight is 1170 g/mol. The minimum atomic E-state index is -1.35. The van der Waals surface area contributed by atoms with Crippen LogP contribution in [0.15, 0.2) is 97.1 Å². The average Bonchev–Trinajstić information content (AvgIpc) is 3.98. The van der Waals surface area contributed by atoms with E-state index in [-0.39, 0.29) is 107 Å². The SMILES string of the molecule is CC.CC.CC.I.[CH2-]c1ccccc1N(C(=O)[C-](C)C)C(C)(C)C(=O)CC.[CH2-]c1ccccc1N(C(=O)[C-](C)C)C(C)(C)C(=O)O.[Y].[Y].c1ccc2c(c1)CCC2.c1ccc2c(c1)CCC2. The molecule has 0 atom stereocenters. The minimum absolute atomic E-state index is 0. The summed E-state index contributed by atoms with van der Waals surface area (Å²) in [6, 6.07) is 31.9. The van der Waals surface area contributed by atoms with E-state index in [1.54, 1.807) is 93.0 Å². The van der Waals surface area contributed by atoms with Gasteiger partial charge in [0.15, 0.2) is 5.78 Å². The Bertz CT molecular complexity index is 1900. The van der Waals surface area contributed by atoms with Gasteiger partial charge in [-0.25, -0.2) is 4.79 Å². The van der Waals surface area contributed by atoms with Gasteiger partial charge in [-0.05, 0) is 88.5 Å². The number of nitrogens with zero attached hydrogens (tertiary/aromatic N) is 2. The van der Waals surface area contributed by atoms with E-state index < -0.39 is 17.0 Å². The smallest absolute Gasteiger partial charge is 0.328 e. The summed E-state index contributed by atoms with van der Waals surface area (Å²) < 4.78 is 0. The number of anilines is 2. The number of carbonyl (C=O) groups is 4. The largest absolute Gasteiger partial charge is 0.480 e. The predicted molar refractivity (Wildman–Crippen MR) is 283 cm³/mol. The van der Waals surface area contributed by atoms with E-state index >= 15 is 0 Å². The van der Waals surface area contributed by atoms with Crippen LogP contribution < -0.4 is 9.80 Å². The van der Waals surface area contributed by atoms with E-state index in [0.29, 0.717) is 35.2 Å². The van der Waals surface area contributed by atoms with Crippen LogP contribution in [0.4, 0.5) is 11.4 Å². The van der Waals surface area contributed by atoms with Crippen LogP contribution >= 0.6 is 24.0 Å². The van der Waals surface area contributed by atoms with Gasteiger partial charge in [-0.1, -0.05) is 133 Å². The van der Waals surface area contributed by atoms with Gasteiger partial charge < -0.3 is 24.5 Å². The van der Waals surface area contributed by atoms with Crippen LogP contribution in [0.25, 0.3) is 0 Å². The van der Waals surface area contributed by atoms with Crippen molar-refractivity contribution in [3.63, 3.8) is 0 Å². The number of ketones is 1. The summed E-state index contributed by atoms with van der Waals surface area (Å²) >= 11 is 0. The molecule has 0 unspecified atom stereocenters. The van der Waals surface area contributed by atoms with Crippen molar-refractivity contribution < 1.29 is 89.7 Å². The van der Waals surface area contributed by atoms with Crippen molar-refractivity contribution in [2.24, 2.45) is 0 Å². The van der Waals surface area contributed by atoms with Crippen LogP contribution in [0.2, 0.25) is 0 Å². The Morgan fingerprint density at radius 2 is 0.788 bits per heavy atom. The van der Waals surface area contributed by atoms with Gasteiger partial charge in [0.2, 0.25) is 0 Å². The molecule has 4 aromatic rings. The number of benzene rings is 4. The minimum Gasteiger partial charge on any atom is -0.480 e. The summed E-state index contributed by atoms with van der Waals surface area (Å²) in [5.74, 6) is -0.333. The molecule has 0 saturated heterocycles. The molecule has 10 heteroatoms. The van der Waals surface area contributed by atoms with Gasteiger partial charge >= 0.3 is 5.97 Å². The first-order chi connectivity index (χ1) is 29.9. The summed E-state index contributed by atoms with van der Waals surface area (Å²) in [7, 11) is 0. The number of hydrogen-bond donors (Lipinski definition) is 1. The summed E-state index contributed by atoms with van der Waals surface area (Å²) in [5, 5.41) is 9.37. The molecule has 66 heavy (non-hydrogen) atoms. The monoisotopic (exact) mass is 1170 g/mol. The van der Waals surface area contributed by atoms with Gasteiger partial charge in [-0.15, -0.1) is 36.1 Å². The Morgan fingerprint density at radius 3 is 1.03 bits per heavy atom. The maximum absolute atomic E-state index is 12.6. The predicted octanol–water partition coefficient (Wildman–Crippen LogP) is 14.3. The zero-order valence-electron chi connectivity index (χ0n) is 43.1. The molecule has 0 fully saturated rings. The zero-order valence-corrected chi connectivity index (χ0v) is 51.1. The number of halogens is 1. The van der Waals surface area contributed by atoms with Crippen molar-refractivity contribution >= 4 is 58.9 Å². The van der Waals surface area contributed by atoms with Crippen LogP contribution in [0, 0.1) is 25.7 Å². The van der Waals surface area contributed by atoms with Crippen LogP contribution in [0.5, 0.6) is 0 Å². The Balaban J connectivity index is -0.000000383. The van der Waals surface area contributed by atoms with Crippen LogP contribution in [-0.4, -0.2) is 39.8 Å². The molecule has 2 amide bonds. The Hall–Kier alpha value is -2.62. The van der Waals surface area contributed by atoms with E-state index in [0.717, 1.165) is 5.56 Å². The fraction of sp³-hybridized carbons (Fsp3) is 0.429. The molecule has 6 rings (SSSR count). The molecule has 2 radical (unpaired) electrons. The standard InChI is InChI=1S/C17H23NO2.C15H19NO3.2C9H10.3C2H6.HI.2Y/c1-7-15(19)17(5,6)18(16(20)12(2)3)14-11-9-8-10-13(14)4;1-10(2)13(17)16(15(4,5)14(18)19)12-9-7-6-8-11(12)3;2*1-2-5-9-7-3-6-8(9)4-1;3*1-2;;;/h8-11H,4,7H2,1-3,5-6H3;6-9H,3H2,1-2,4-5H3,(H,18,19);2*1-2,4-5H,3,6-7H2;3*1-2H3;1H;;/q2*-2;;;;;;;;. The van der Waals surface area contributed by atoms with Crippen molar-refractivity contribution in [2.75, 3.05) is 9.80 Å². The molecule has 2 aliphatic carbocycles. The molecule has 4 aromatic carbocycles. The number of Topliss-reactive ketones (excluding diaryl/α,β-unsaturated/α-hetero) is 1. The number of rotatable bonds is 9. The molecular weight excluding hydrogens is 1090 g/mol. The van der Waals surface area contributed by atoms with Gasteiger partial charge in [-0.2, -0.15) is 64.8 Å². The number of carbonyl (C=O) groups excluding carboxylic acids is 3. The number of fused-ring (bicyclic) bond motifs is 2. The fourth-order valence-corrected chi connectivity index (χ4v) is 6.92. The summed E-state index contributed by atoms with van der Waals surface area (Å²) in [6.45, 7) is 35.1. The Labute approximate surface area is 469 Å². The Kier molecular flexibility index (Phi) is 38.5. The molecular formula is C56H81IN2O5Y2-4.